The van der Waals surface area contributed by atoms with Crippen LogP contribution in [-0.2, 0) is 24.0 Å². The molecule has 17 nitrogen and oxygen atoms in total. The van der Waals surface area contributed by atoms with Crippen LogP contribution in [0.25, 0.3) is 0 Å². The minimum atomic E-state index is -1.38. The highest BCUT2D eigenvalue weighted by Gasteiger charge is 2.27. The van der Waals surface area contributed by atoms with Gasteiger partial charge in [-0.1, -0.05) is 6.08 Å². The predicted molar refractivity (Wildman–Crippen MR) is 138 cm³/mol. The zero-order valence-corrected chi connectivity index (χ0v) is 21.5. The number of nitro benzene ring substituents is 1. The molecule has 0 spiro atoms. The lowest BCUT2D eigenvalue weighted by molar-refractivity contribution is -0.384. The number of nitrogens with two attached hydrogens (primary N) is 1. The van der Waals surface area contributed by atoms with Crippen LogP contribution < -0.4 is 31.7 Å². The molecule has 1 aromatic rings. The third-order valence-electron chi connectivity index (χ3n) is 5.34. The average Bonchev–Trinajstić information content (AvgIpc) is 2.91. The van der Waals surface area contributed by atoms with E-state index in [-0.39, 0.29) is 43.0 Å². The van der Waals surface area contributed by atoms with Gasteiger partial charge in [-0.2, -0.15) is 0 Å². The number of aliphatic carboxylic acids is 2. The van der Waals surface area contributed by atoms with Gasteiger partial charge in [0.2, 0.25) is 5.91 Å². The van der Waals surface area contributed by atoms with Crippen LogP contribution in [0.4, 0.5) is 5.69 Å². The number of nitrogens with zero attached hydrogens (tertiary/aromatic N) is 1. The van der Waals surface area contributed by atoms with Crippen molar-refractivity contribution in [3.05, 3.63) is 57.4 Å². The van der Waals surface area contributed by atoms with Gasteiger partial charge in [0.1, 0.15) is 29.7 Å². The van der Waals surface area contributed by atoms with Crippen LogP contribution >= 0.6 is 0 Å². The number of benzene rings is 1. The van der Waals surface area contributed by atoms with E-state index in [9.17, 15) is 38.9 Å². The summed E-state index contributed by atoms with van der Waals surface area (Å²) in [5.41, 5.74) is 3.63. The summed E-state index contributed by atoms with van der Waals surface area (Å²) in [5, 5.41) is 38.3. The number of amides is 4. The normalized spacial score (nSPS) is 18.2. The molecule has 0 unspecified atom stereocenters. The number of carbonyl (C=O) groups excluding carboxylic acids is 4. The van der Waals surface area contributed by atoms with Gasteiger partial charge in [-0.05, 0) is 31.5 Å². The fourth-order valence-corrected chi connectivity index (χ4v) is 3.35. The Kier molecular flexibility index (Phi) is 11.9. The van der Waals surface area contributed by atoms with Crippen molar-refractivity contribution < 1.29 is 48.6 Å². The van der Waals surface area contributed by atoms with Crippen molar-refractivity contribution in [1.82, 2.24) is 21.3 Å². The molecule has 1 aliphatic rings. The van der Waals surface area contributed by atoms with Crippen LogP contribution in [0.15, 0.2) is 41.7 Å². The Morgan fingerprint density at radius 3 is 2.39 bits per heavy atom. The number of hydrogen-bond donors (Lipinski definition) is 7. The van der Waals surface area contributed by atoms with Gasteiger partial charge in [-0.3, -0.25) is 38.9 Å². The van der Waals surface area contributed by atoms with E-state index in [4.69, 9.17) is 20.7 Å². The van der Waals surface area contributed by atoms with E-state index in [2.05, 4.69) is 21.3 Å². The summed E-state index contributed by atoms with van der Waals surface area (Å²) < 4.78 is 5.57. The number of nitro groups is 1. The van der Waals surface area contributed by atoms with Crippen molar-refractivity contribution in [2.45, 2.75) is 31.7 Å². The van der Waals surface area contributed by atoms with Crippen molar-refractivity contribution in [1.29, 1.82) is 0 Å². The lowest BCUT2D eigenvalue weighted by Gasteiger charge is -2.21. The minimum Gasteiger partial charge on any atom is -0.493 e. The number of unbranched alkanes of at least 4 members (excludes halogenated alkanes) is 1. The topological polar surface area (TPSA) is 269 Å². The first-order valence-electron chi connectivity index (χ1n) is 12.1. The second kappa shape index (κ2) is 15.3. The van der Waals surface area contributed by atoms with Crippen molar-refractivity contribution in [3.63, 3.8) is 0 Å². The highest BCUT2D eigenvalue weighted by Crippen LogP contribution is 2.25. The number of fused-ring (bicyclic) bond motifs is 1. The van der Waals surface area contributed by atoms with Crippen LogP contribution in [0.5, 0.6) is 5.75 Å². The number of hydrogen-bond acceptors (Lipinski definition) is 10. The molecule has 8 N–H and O–H groups in total. The van der Waals surface area contributed by atoms with Gasteiger partial charge in [0.05, 0.1) is 23.5 Å². The highest BCUT2D eigenvalue weighted by molar-refractivity contribution is 6.07. The first-order chi connectivity index (χ1) is 19.4. The molecule has 220 valence electrons. The maximum Gasteiger partial charge on any atom is 0.322 e. The molecular formula is C24H28N6O11. The van der Waals surface area contributed by atoms with Crippen LogP contribution in [-0.4, -0.2) is 76.4 Å². The maximum absolute atomic E-state index is 13.1. The predicted octanol–water partition coefficient (Wildman–Crippen LogP) is -1.11. The average molecular weight is 577 g/mol. The lowest BCUT2D eigenvalue weighted by atomic mass is 10.1. The van der Waals surface area contributed by atoms with Crippen LogP contribution in [0.2, 0.25) is 0 Å². The van der Waals surface area contributed by atoms with Gasteiger partial charge >= 0.3 is 11.9 Å². The van der Waals surface area contributed by atoms with Crippen molar-refractivity contribution >= 4 is 41.3 Å². The van der Waals surface area contributed by atoms with E-state index in [1.165, 1.54) is 6.08 Å². The standard InChI is InChI=1S/C24H28N6O11/c25-9-2-1-3-15-23(37)29-17(22(36)26-12-20(33)34)8-10-41-18-6-4-13(30(39)40)11-14(18)21(35)27-16(24(38)28-15)5-7-19(31)32/h3-6,11,17H,1-2,7-10,12,25H2,(H,26,36)(H,27,35)(H,28,38)(H,29,37)(H,31,32)(H,33,34)/b15-3+,16-5+/t17-/m0/s1. The summed E-state index contributed by atoms with van der Waals surface area (Å²) >= 11 is 0. The summed E-state index contributed by atoms with van der Waals surface area (Å²) in [4.78, 5) is 84.6. The molecule has 17 heteroatoms. The maximum atomic E-state index is 13.1. The van der Waals surface area contributed by atoms with E-state index >= 15 is 0 Å². The third-order valence-corrected chi connectivity index (χ3v) is 5.34. The van der Waals surface area contributed by atoms with E-state index in [0.29, 0.717) is 6.42 Å². The van der Waals surface area contributed by atoms with Gasteiger partial charge in [-0.15, -0.1) is 0 Å². The number of carboxylic acids is 2. The van der Waals surface area contributed by atoms with Gasteiger partial charge in [0.25, 0.3) is 23.4 Å². The molecule has 2 rings (SSSR count). The Morgan fingerprint density at radius 1 is 1.07 bits per heavy atom. The summed E-state index contributed by atoms with van der Waals surface area (Å²) in [6.07, 6.45) is 1.79. The zero-order valence-electron chi connectivity index (χ0n) is 21.5. The molecule has 41 heavy (non-hydrogen) atoms. The van der Waals surface area contributed by atoms with Crippen molar-refractivity contribution in [2.24, 2.45) is 5.73 Å². The Balaban J connectivity index is 2.59. The molecule has 1 aliphatic heterocycles. The molecule has 1 atom stereocenters. The Hall–Kier alpha value is -5.32. The largest absolute Gasteiger partial charge is 0.493 e. The molecule has 0 bridgehead atoms. The smallest absolute Gasteiger partial charge is 0.322 e. The third kappa shape index (κ3) is 10.1. The molecule has 1 heterocycles. The number of rotatable bonds is 9. The van der Waals surface area contributed by atoms with Gasteiger partial charge in [-0.25, -0.2) is 0 Å². The molecule has 0 saturated heterocycles. The van der Waals surface area contributed by atoms with Crippen molar-refractivity contribution in [2.75, 3.05) is 19.7 Å². The highest BCUT2D eigenvalue weighted by atomic mass is 16.6. The number of ether oxygens (including phenoxy) is 1. The number of non-ortho nitro benzene ring substituents is 1. The number of nitrogens with one attached hydrogen (secondary N) is 4. The summed E-state index contributed by atoms with van der Waals surface area (Å²) in [6.45, 7) is -0.849. The van der Waals surface area contributed by atoms with Gasteiger partial charge in [0.15, 0.2) is 0 Å². The minimum absolute atomic E-state index is 0.193. The molecule has 1 aromatic carbocycles. The quantitative estimate of drug-likeness (QED) is 0.0798. The van der Waals surface area contributed by atoms with Crippen LogP contribution in [0.3, 0.4) is 0 Å². The SMILES string of the molecule is NCCC/C=C1/NC(=O)/C(=C\CC(=O)O)NC(=O)c2cc([N+](=O)[O-])ccc2OCC[C@@H](C(=O)NCC(=O)O)NC1=O. The molecular weight excluding hydrogens is 548 g/mol. The molecule has 0 fully saturated rings. The molecule has 0 saturated carbocycles. The van der Waals surface area contributed by atoms with Gasteiger partial charge < -0.3 is 42.0 Å². The van der Waals surface area contributed by atoms with E-state index in [1.54, 1.807) is 0 Å². The molecule has 0 aliphatic carbocycles. The van der Waals surface area contributed by atoms with E-state index in [1.807, 2.05) is 0 Å². The summed E-state index contributed by atoms with van der Waals surface area (Å²) in [5.74, 6) is -6.94. The molecule has 0 aromatic heterocycles. The Morgan fingerprint density at radius 2 is 1.76 bits per heavy atom. The Labute approximate surface area is 231 Å². The summed E-state index contributed by atoms with van der Waals surface area (Å²) in [7, 11) is 0. The summed E-state index contributed by atoms with van der Waals surface area (Å²) in [6, 6.07) is 1.65. The second-order valence-corrected chi connectivity index (χ2v) is 8.38. The first-order valence-corrected chi connectivity index (χ1v) is 12.1. The molecule has 4 amide bonds. The van der Waals surface area contributed by atoms with Crippen molar-refractivity contribution in [3.8, 4) is 5.75 Å². The monoisotopic (exact) mass is 576 g/mol. The first kappa shape index (κ1) is 31.9. The van der Waals surface area contributed by atoms with E-state index in [0.717, 1.165) is 24.3 Å². The lowest BCUT2D eigenvalue weighted by Crippen LogP contribution is -2.50. The molecule has 0 radical (unpaired) electrons. The fraction of sp³-hybridized carbons (Fsp3) is 0.333. The van der Waals surface area contributed by atoms with E-state index < -0.39 is 70.9 Å². The fourth-order valence-electron chi connectivity index (χ4n) is 3.35. The van der Waals surface area contributed by atoms with Crippen LogP contribution in [0.1, 0.15) is 36.0 Å². The van der Waals surface area contributed by atoms with Crippen LogP contribution in [0, 0.1) is 10.1 Å². The Bertz CT molecular complexity index is 1290. The van der Waals surface area contributed by atoms with Gasteiger partial charge in [0, 0.05) is 18.6 Å². The second-order valence-electron chi connectivity index (χ2n) is 8.38. The number of carboxylic acid groups (broad SMARTS) is 2. The zero-order chi connectivity index (χ0) is 30.5. The number of allylic oxidation sites excluding steroid dienone is 1. The number of carbonyl (C=O) groups is 6.